The Hall–Kier alpha value is -1.66. The molecule has 2 fully saturated rings. The SMILES string of the molecule is Cl.O=C(c1ccc(F)cc1)N1CCCN(C(=O)C2CCCCN2)CC1. The highest BCUT2D eigenvalue weighted by Gasteiger charge is 2.28. The van der Waals surface area contributed by atoms with Gasteiger partial charge in [0.15, 0.2) is 0 Å². The number of nitrogens with one attached hydrogen (secondary N) is 1. The summed E-state index contributed by atoms with van der Waals surface area (Å²) >= 11 is 0. The van der Waals surface area contributed by atoms with E-state index in [2.05, 4.69) is 5.32 Å². The van der Waals surface area contributed by atoms with Crippen LogP contribution in [-0.4, -0.2) is 60.4 Å². The number of hydrogen-bond donors (Lipinski definition) is 1. The van der Waals surface area contributed by atoms with Gasteiger partial charge in [0.1, 0.15) is 5.82 Å². The zero-order valence-corrected chi connectivity index (χ0v) is 15.1. The van der Waals surface area contributed by atoms with Crippen molar-refractivity contribution in [3.05, 3.63) is 35.6 Å². The molecule has 2 aliphatic heterocycles. The molecule has 2 aliphatic rings. The van der Waals surface area contributed by atoms with Gasteiger partial charge in [-0.1, -0.05) is 6.42 Å². The molecule has 5 nitrogen and oxygen atoms in total. The van der Waals surface area contributed by atoms with Crippen LogP contribution in [0.2, 0.25) is 0 Å². The van der Waals surface area contributed by atoms with Crippen LogP contribution in [0.3, 0.4) is 0 Å². The summed E-state index contributed by atoms with van der Waals surface area (Å²) in [5.74, 6) is -0.287. The number of amides is 2. The summed E-state index contributed by atoms with van der Waals surface area (Å²) < 4.78 is 13.0. The third-order valence-corrected chi connectivity index (χ3v) is 4.79. The van der Waals surface area contributed by atoms with Gasteiger partial charge < -0.3 is 15.1 Å². The van der Waals surface area contributed by atoms with E-state index in [9.17, 15) is 14.0 Å². The van der Waals surface area contributed by atoms with E-state index in [1.807, 2.05) is 4.90 Å². The van der Waals surface area contributed by atoms with Crippen LogP contribution in [0.25, 0.3) is 0 Å². The topological polar surface area (TPSA) is 52.7 Å². The van der Waals surface area contributed by atoms with Crippen molar-refractivity contribution in [1.29, 1.82) is 0 Å². The molecule has 0 aliphatic carbocycles. The molecule has 0 spiro atoms. The molecule has 0 aromatic heterocycles. The Labute approximate surface area is 154 Å². The van der Waals surface area contributed by atoms with E-state index >= 15 is 0 Å². The van der Waals surface area contributed by atoms with Gasteiger partial charge in [-0.25, -0.2) is 4.39 Å². The minimum atomic E-state index is -0.348. The second-order valence-corrected chi connectivity index (χ2v) is 6.48. The smallest absolute Gasteiger partial charge is 0.253 e. The third-order valence-electron chi connectivity index (χ3n) is 4.79. The average Bonchev–Trinajstić information content (AvgIpc) is 2.88. The van der Waals surface area contributed by atoms with Crippen LogP contribution in [0.5, 0.6) is 0 Å². The molecule has 1 atom stereocenters. The Kier molecular flexibility index (Phi) is 7.20. The molecule has 3 rings (SSSR count). The van der Waals surface area contributed by atoms with Crippen molar-refractivity contribution >= 4 is 24.2 Å². The van der Waals surface area contributed by atoms with Gasteiger partial charge in [0.25, 0.3) is 5.91 Å². The molecule has 1 unspecified atom stereocenters. The first-order valence-corrected chi connectivity index (χ1v) is 8.72. The van der Waals surface area contributed by atoms with Gasteiger partial charge in [0, 0.05) is 31.7 Å². The summed E-state index contributed by atoms with van der Waals surface area (Å²) in [7, 11) is 0. The molecule has 25 heavy (non-hydrogen) atoms. The Morgan fingerprint density at radius 1 is 0.960 bits per heavy atom. The lowest BCUT2D eigenvalue weighted by Crippen LogP contribution is -2.49. The molecule has 0 radical (unpaired) electrons. The number of piperidine rings is 1. The molecular formula is C18H25ClFN3O2. The summed E-state index contributed by atoms with van der Waals surface area (Å²) in [6, 6.07) is 5.55. The van der Waals surface area contributed by atoms with Crippen molar-refractivity contribution in [3.8, 4) is 0 Å². The van der Waals surface area contributed by atoms with E-state index in [-0.39, 0.29) is 36.1 Å². The van der Waals surface area contributed by atoms with Gasteiger partial charge in [-0.15, -0.1) is 12.4 Å². The Bertz CT molecular complexity index is 590. The van der Waals surface area contributed by atoms with Crippen LogP contribution in [0.1, 0.15) is 36.0 Å². The van der Waals surface area contributed by atoms with Gasteiger partial charge in [0.2, 0.25) is 5.91 Å². The van der Waals surface area contributed by atoms with Gasteiger partial charge in [-0.2, -0.15) is 0 Å². The number of carbonyl (C=O) groups is 2. The predicted octanol–water partition coefficient (Wildman–Crippen LogP) is 2.06. The summed E-state index contributed by atoms with van der Waals surface area (Å²) in [5, 5.41) is 3.29. The summed E-state index contributed by atoms with van der Waals surface area (Å²) in [6.45, 7) is 3.29. The van der Waals surface area contributed by atoms with Crippen LogP contribution in [0, 0.1) is 5.82 Å². The van der Waals surface area contributed by atoms with Crippen LogP contribution >= 0.6 is 12.4 Å². The Morgan fingerprint density at radius 2 is 1.64 bits per heavy atom. The molecule has 1 aromatic rings. The molecule has 2 heterocycles. The molecule has 138 valence electrons. The standard InChI is InChI=1S/C18H24FN3O2.ClH/c19-15-7-5-14(6-8-15)17(23)21-10-3-11-22(13-12-21)18(24)16-4-1-2-9-20-16;/h5-8,16,20H,1-4,9-13H2;1H. The number of halogens is 2. The highest BCUT2D eigenvalue weighted by Crippen LogP contribution is 2.14. The first-order chi connectivity index (χ1) is 11.6. The summed E-state index contributed by atoms with van der Waals surface area (Å²) in [6.07, 6.45) is 3.88. The molecule has 2 saturated heterocycles. The van der Waals surface area contributed by atoms with E-state index in [0.717, 1.165) is 32.2 Å². The second-order valence-electron chi connectivity index (χ2n) is 6.48. The molecule has 0 bridgehead atoms. The minimum Gasteiger partial charge on any atom is -0.340 e. The van der Waals surface area contributed by atoms with E-state index < -0.39 is 0 Å². The number of rotatable bonds is 2. The van der Waals surface area contributed by atoms with Crippen molar-refractivity contribution in [1.82, 2.24) is 15.1 Å². The normalized spacial score (nSPS) is 21.2. The van der Waals surface area contributed by atoms with Crippen LogP contribution in [0.4, 0.5) is 4.39 Å². The largest absolute Gasteiger partial charge is 0.340 e. The Balaban J connectivity index is 0.00000225. The molecule has 7 heteroatoms. The zero-order valence-electron chi connectivity index (χ0n) is 14.2. The van der Waals surface area contributed by atoms with Crippen molar-refractivity contribution in [2.45, 2.75) is 31.7 Å². The molecule has 1 aromatic carbocycles. The lowest BCUT2D eigenvalue weighted by Gasteiger charge is -2.29. The number of nitrogens with zero attached hydrogens (tertiary/aromatic N) is 2. The predicted molar refractivity (Wildman–Crippen MR) is 96.4 cm³/mol. The van der Waals surface area contributed by atoms with Crippen LogP contribution < -0.4 is 5.32 Å². The fraction of sp³-hybridized carbons (Fsp3) is 0.556. The maximum Gasteiger partial charge on any atom is 0.253 e. The number of benzene rings is 1. The van der Waals surface area contributed by atoms with Crippen molar-refractivity contribution in [2.24, 2.45) is 0 Å². The first-order valence-electron chi connectivity index (χ1n) is 8.72. The van der Waals surface area contributed by atoms with Gasteiger partial charge in [-0.3, -0.25) is 9.59 Å². The van der Waals surface area contributed by atoms with Crippen LogP contribution in [0.15, 0.2) is 24.3 Å². The van der Waals surface area contributed by atoms with E-state index in [0.29, 0.717) is 31.7 Å². The fourth-order valence-corrected chi connectivity index (χ4v) is 3.40. The second kappa shape index (κ2) is 9.15. The summed E-state index contributed by atoms with van der Waals surface area (Å²) in [5.41, 5.74) is 0.491. The van der Waals surface area contributed by atoms with E-state index in [1.165, 1.54) is 24.3 Å². The number of hydrogen-bond acceptors (Lipinski definition) is 3. The molecule has 0 saturated carbocycles. The van der Waals surface area contributed by atoms with Gasteiger partial charge in [0.05, 0.1) is 6.04 Å². The van der Waals surface area contributed by atoms with E-state index in [1.54, 1.807) is 4.90 Å². The molecule has 2 amide bonds. The lowest BCUT2D eigenvalue weighted by molar-refractivity contribution is -0.133. The lowest BCUT2D eigenvalue weighted by atomic mass is 10.0. The van der Waals surface area contributed by atoms with Crippen molar-refractivity contribution in [2.75, 3.05) is 32.7 Å². The van der Waals surface area contributed by atoms with E-state index in [4.69, 9.17) is 0 Å². The highest BCUT2D eigenvalue weighted by molar-refractivity contribution is 5.94. The monoisotopic (exact) mass is 369 g/mol. The Morgan fingerprint density at radius 3 is 2.32 bits per heavy atom. The van der Waals surface area contributed by atoms with Gasteiger partial charge >= 0.3 is 0 Å². The maximum atomic E-state index is 13.0. The number of carbonyl (C=O) groups excluding carboxylic acids is 2. The highest BCUT2D eigenvalue weighted by atomic mass is 35.5. The quantitative estimate of drug-likeness (QED) is 0.868. The fourth-order valence-electron chi connectivity index (χ4n) is 3.40. The molecular weight excluding hydrogens is 345 g/mol. The first kappa shape index (κ1) is 19.7. The van der Waals surface area contributed by atoms with Crippen LogP contribution in [-0.2, 0) is 4.79 Å². The summed E-state index contributed by atoms with van der Waals surface area (Å²) in [4.78, 5) is 28.8. The zero-order chi connectivity index (χ0) is 16.9. The maximum absolute atomic E-state index is 13.0. The van der Waals surface area contributed by atoms with Gasteiger partial charge in [-0.05, 0) is 50.1 Å². The van der Waals surface area contributed by atoms with Crippen molar-refractivity contribution in [3.63, 3.8) is 0 Å². The molecule has 1 N–H and O–H groups in total. The minimum absolute atomic E-state index is 0. The van der Waals surface area contributed by atoms with Crippen molar-refractivity contribution < 1.29 is 14.0 Å². The average molecular weight is 370 g/mol. The third kappa shape index (κ3) is 4.92.